The summed E-state index contributed by atoms with van der Waals surface area (Å²) in [5.41, 5.74) is 5.72. The second-order valence-corrected chi connectivity index (χ2v) is 9.44. The predicted molar refractivity (Wildman–Crippen MR) is 116 cm³/mol. The summed E-state index contributed by atoms with van der Waals surface area (Å²) in [5, 5.41) is 2.85. The molecule has 0 aliphatic carbocycles. The summed E-state index contributed by atoms with van der Waals surface area (Å²) in [4.78, 5) is 31.1. The van der Waals surface area contributed by atoms with E-state index in [4.69, 9.17) is 28.9 Å². The van der Waals surface area contributed by atoms with Crippen molar-refractivity contribution in [2.75, 3.05) is 26.2 Å². The number of rotatable bonds is 6. The summed E-state index contributed by atoms with van der Waals surface area (Å²) in [5.74, 6) is -1.15. The van der Waals surface area contributed by atoms with Crippen LogP contribution >= 0.6 is 23.2 Å². The van der Waals surface area contributed by atoms with Crippen LogP contribution in [0.5, 0.6) is 0 Å². The Hall–Kier alpha value is -2.24. The highest BCUT2D eigenvalue weighted by molar-refractivity contribution is 7.89. The summed E-state index contributed by atoms with van der Waals surface area (Å²) in [6, 6.07) is 7.03. The SMILES string of the molecule is NCCNC(=O)C1N(C(=O)c2cccnc2)CCCN1S(=O)(=O)c1ccc(Cl)c(Cl)c1. The Balaban J connectivity index is 2.03. The minimum atomic E-state index is -4.18. The molecule has 12 heteroatoms. The Morgan fingerprint density at radius 3 is 2.61 bits per heavy atom. The highest BCUT2D eigenvalue weighted by atomic mass is 35.5. The van der Waals surface area contributed by atoms with Gasteiger partial charge in [0.1, 0.15) is 0 Å². The lowest BCUT2D eigenvalue weighted by Gasteiger charge is -2.41. The lowest BCUT2D eigenvalue weighted by molar-refractivity contribution is -0.130. The van der Waals surface area contributed by atoms with E-state index in [9.17, 15) is 18.0 Å². The summed E-state index contributed by atoms with van der Waals surface area (Å²) in [6.45, 7) is 0.529. The number of aromatic nitrogens is 1. The van der Waals surface area contributed by atoms with Crippen LogP contribution in [0.2, 0.25) is 10.0 Å². The van der Waals surface area contributed by atoms with E-state index < -0.39 is 28.0 Å². The number of carbonyl (C=O) groups excluding carboxylic acids is 2. The van der Waals surface area contributed by atoms with E-state index in [-0.39, 0.29) is 46.7 Å². The molecule has 1 aromatic carbocycles. The van der Waals surface area contributed by atoms with Crippen molar-refractivity contribution in [2.24, 2.45) is 5.73 Å². The van der Waals surface area contributed by atoms with Crippen LogP contribution in [-0.2, 0) is 14.8 Å². The standard InChI is InChI=1S/C19H21Cl2N5O4S/c20-15-5-4-14(11-16(15)21)31(29,30)26-10-2-9-25(18(26)17(27)24-8-6-22)19(28)13-3-1-7-23-12-13/h1,3-5,7,11-12,18H,2,6,8-10,22H2,(H,24,27). The van der Waals surface area contributed by atoms with Crippen molar-refractivity contribution in [3.8, 4) is 0 Å². The van der Waals surface area contributed by atoms with Gasteiger partial charge in [-0.25, -0.2) is 8.42 Å². The first-order valence-corrected chi connectivity index (χ1v) is 11.6. The fraction of sp³-hybridized carbons (Fsp3) is 0.316. The molecule has 0 bridgehead atoms. The van der Waals surface area contributed by atoms with E-state index in [2.05, 4.69) is 10.3 Å². The van der Waals surface area contributed by atoms with E-state index in [1.165, 1.54) is 35.5 Å². The number of halogens is 2. The van der Waals surface area contributed by atoms with E-state index in [1.54, 1.807) is 12.1 Å². The molecule has 2 aromatic rings. The predicted octanol–water partition coefficient (Wildman–Crippen LogP) is 1.33. The molecule has 31 heavy (non-hydrogen) atoms. The first kappa shape index (κ1) is 23.4. The Morgan fingerprint density at radius 1 is 1.19 bits per heavy atom. The minimum absolute atomic E-state index is 0.0418. The van der Waals surface area contributed by atoms with Crippen molar-refractivity contribution in [2.45, 2.75) is 17.5 Å². The Morgan fingerprint density at radius 2 is 1.97 bits per heavy atom. The fourth-order valence-corrected chi connectivity index (χ4v) is 5.23. The molecule has 1 aromatic heterocycles. The second-order valence-electron chi connectivity index (χ2n) is 6.74. The molecule has 1 aliphatic heterocycles. The zero-order chi connectivity index (χ0) is 22.6. The van der Waals surface area contributed by atoms with Crippen LogP contribution in [-0.4, -0.2) is 66.8 Å². The zero-order valence-electron chi connectivity index (χ0n) is 16.4. The molecule has 0 saturated carbocycles. The lowest BCUT2D eigenvalue weighted by atomic mass is 10.2. The highest BCUT2D eigenvalue weighted by Gasteiger charge is 2.44. The number of pyridine rings is 1. The van der Waals surface area contributed by atoms with Gasteiger partial charge in [-0.05, 0) is 36.8 Å². The van der Waals surface area contributed by atoms with Gasteiger partial charge >= 0.3 is 0 Å². The first-order valence-electron chi connectivity index (χ1n) is 9.43. The van der Waals surface area contributed by atoms with Crippen molar-refractivity contribution >= 4 is 45.0 Å². The van der Waals surface area contributed by atoms with Crippen molar-refractivity contribution in [1.82, 2.24) is 19.5 Å². The third kappa shape index (κ3) is 4.99. The van der Waals surface area contributed by atoms with Crippen molar-refractivity contribution in [3.05, 3.63) is 58.3 Å². The molecular weight excluding hydrogens is 465 g/mol. The molecule has 2 heterocycles. The number of nitrogens with one attached hydrogen (secondary N) is 1. The Kier molecular flexibility index (Phi) is 7.50. The van der Waals surface area contributed by atoms with Crippen LogP contribution in [0.4, 0.5) is 0 Å². The highest BCUT2D eigenvalue weighted by Crippen LogP contribution is 2.30. The maximum Gasteiger partial charge on any atom is 0.259 e. The number of hydrogen-bond donors (Lipinski definition) is 2. The molecule has 1 aliphatic rings. The van der Waals surface area contributed by atoms with Crippen LogP contribution < -0.4 is 11.1 Å². The molecule has 0 radical (unpaired) electrons. The van der Waals surface area contributed by atoms with Gasteiger partial charge in [-0.3, -0.25) is 14.6 Å². The van der Waals surface area contributed by atoms with Crippen LogP contribution in [0, 0.1) is 0 Å². The Labute approximate surface area is 190 Å². The van der Waals surface area contributed by atoms with E-state index in [0.29, 0.717) is 6.42 Å². The number of sulfonamides is 1. The molecule has 0 spiro atoms. The normalized spacial score (nSPS) is 17.4. The maximum absolute atomic E-state index is 13.4. The molecule has 1 saturated heterocycles. The molecule has 3 rings (SSSR count). The minimum Gasteiger partial charge on any atom is -0.352 e. The van der Waals surface area contributed by atoms with Crippen molar-refractivity contribution in [1.29, 1.82) is 0 Å². The van der Waals surface area contributed by atoms with Gasteiger partial charge < -0.3 is 16.0 Å². The average Bonchev–Trinajstić information content (AvgIpc) is 2.78. The van der Waals surface area contributed by atoms with Gasteiger partial charge in [0.25, 0.3) is 11.8 Å². The van der Waals surface area contributed by atoms with Gasteiger partial charge in [-0.15, -0.1) is 0 Å². The third-order valence-corrected chi connectivity index (χ3v) is 7.28. The van der Waals surface area contributed by atoms with Gasteiger partial charge in [0.05, 0.1) is 20.5 Å². The number of hydrogen-bond acceptors (Lipinski definition) is 6. The largest absolute Gasteiger partial charge is 0.352 e. The van der Waals surface area contributed by atoms with Gasteiger partial charge in [-0.1, -0.05) is 23.2 Å². The topological polar surface area (TPSA) is 126 Å². The molecular formula is C19H21Cl2N5O4S. The average molecular weight is 486 g/mol. The van der Waals surface area contributed by atoms with Gasteiger partial charge in [0.2, 0.25) is 10.0 Å². The van der Waals surface area contributed by atoms with Crippen LogP contribution in [0.25, 0.3) is 0 Å². The summed E-state index contributed by atoms with van der Waals surface area (Å²) < 4.78 is 27.8. The number of nitrogens with two attached hydrogens (primary N) is 1. The number of nitrogens with zero attached hydrogens (tertiary/aromatic N) is 3. The van der Waals surface area contributed by atoms with Gasteiger partial charge in [0, 0.05) is 38.6 Å². The number of carbonyl (C=O) groups is 2. The maximum atomic E-state index is 13.4. The molecule has 2 amide bonds. The lowest BCUT2D eigenvalue weighted by Crippen LogP contribution is -2.63. The first-order chi connectivity index (χ1) is 14.8. The number of amides is 2. The van der Waals surface area contributed by atoms with Crippen molar-refractivity contribution in [3.63, 3.8) is 0 Å². The van der Waals surface area contributed by atoms with Crippen LogP contribution in [0.3, 0.4) is 0 Å². The third-order valence-electron chi connectivity index (χ3n) is 4.69. The summed E-state index contributed by atoms with van der Waals surface area (Å²) in [7, 11) is -4.18. The Bertz CT molecular complexity index is 1070. The molecule has 3 N–H and O–H groups in total. The zero-order valence-corrected chi connectivity index (χ0v) is 18.7. The molecule has 1 unspecified atom stereocenters. The monoisotopic (exact) mass is 485 g/mol. The summed E-state index contributed by atoms with van der Waals surface area (Å²) >= 11 is 11.9. The van der Waals surface area contributed by atoms with Crippen LogP contribution in [0.15, 0.2) is 47.6 Å². The fourth-order valence-electron chi connectivity index (χ4n) is 3.25. The second kappa shape index (κ2) is 9.92. The molecule has 1 fully saturated rings. The molecule has 9 nitrogen and oxygen atoms in total. The van der Waals surface area contributed by atoms with Crippen LogP contribution in [0.1, 0.15) is 16.8 Å². The smallest absolute Gasteiger partial charge is 0.259 e. The van der Waals surface area contributed by atoms with Crippen molar-refractivity contribution < 1.29 is 18.0 Å². The molecule has 1 atom stereocenters. The summed E-state index contributed by atoms with van der Waals surface area (Å²) in [6.07, 6.45) is 1.82. The van der Waals surface area contributed by atoms with E-state index in [0.717, 1.165) is 4.31 Å². The molecule has 166 valence electrons. The van der Waals surface area contributed by atoms with E-state index in [1.807, 2.05) is 0 Å². The van der Waals surface area contributed by atoms with Gasteiger partial charge in [-0.2, -0.15) is 4.31 Å². The van der Waals surface area contributed by atoms with Gasteiger partial charge in [0.15, 0.2) is 6.17 Å². The quantitative estimate of drug-likeness (QED) is 0.635. The number of benzene rings is 1. The van der Waals surface area contributed by atoms with E-state index >= 15 is 0 Å².